The van der Waals surface area contributed by atoms with E-state index in [0.717, 1.165) is 4.90 Å². The van der Waals surface area contributed by atoms with Crippen LogP contribution in [-0.4, -0.2) is 15.1 Å². The molecule has 2 N–H and O–H groups in total. The number of nitrogens with one attached hydrogen (secondary N) is 1. The standard InChI is InChI=1S/C14H15FN2O2S/c1-8(2)12-13(18)16-11(17-14(12)19)7-20-10-5-3-4-9(15)6-10/h3-6,8H,7H2,1-2H3,(H2,16,17,18,19). The molecular weight excluding hydrogens is 279 g/mol. The molecular formula is C14H15FN2O2S. The van der Waals surface area contributed by atoms with E-state index in [-0.39, 0.29) is 28.7 Å². The molecule has 1 aromatic heterocycles. The smallest absolute Gasteiger partial charge is 0.258 e. The monoisotopic (exact) mass is 294 g/mol. The van der Waals surface area contributed by atoms with E-state index in [2.05, 4.69) is 9.97 Å². The van der Waals surface area contributed by atoms with Crippen LogP contribution in [0.4, 0.5) is 4.39 Å². The average molecular weight is 294 g/mol. The molecule has 0 radical (unpaired) electrons. The van der Waals surface area contributed by atoms with Gasteiger partial charge in [-0.2, -0.15) is 4.98 Å². The van der Waals surface area contributed by atoms with Crippen molar-refractivity contribution >= 4 is 11.8 Å². The summed E-state index contributed by atoms with van der Waals surface area (Å²) < 4.78 is 13.0. The van der Waals surface area contributed by atoms with Crippen molar-refractivity contribution in [1.29, 1.82) is 0 Å². The Bertz CT molecular complexity index is 670. The van der Waals surface area contributed by atoms with Gasteiger partial charge >= 0.3 is 0 Å². The van der Waals surface area contributed by atoms with Crippen molar-refractivity contribution in [2.75, 3.05) is 0 Å². The van der Waals surface area contributed by atoms with Crippen molar-refractivity contribution in [3.05, 3.63) is 51.8 Å². The third-order valence-electron chi connectivity index (χ3n) is 2.73. The first-order valence-electron chi connectivity index (χ1n) is 6.18. The molecule has 0 aliphatic rings. The first-order chi connectivity index (χ1) is 9.47. The fourth-order valence-corrected chi connectivity index (χ4v) is 2.62. The van der Waals surface area contributed by atoms with E-state index in [1.807, 2.05) is 13.8 Å². The minimum Gasteiger partial charge on any atom is -0.493 e. The summed E-state index contributed by atoms with van der Waals surface area (Å²) in [5.41, 5.74) is -0.0492. The van der Waals surface area contributed by atoms with Crippen LogP contribution < -0.4 is 5.56 Å². The van der Waals surface area contributed by atoms with E-state index in [0.29, 0.717) is 11.6 Å². The van der Waals surface area contributed by atoms with Gasteiger partial charge in [0.05, 0.1) is 11.3 Å². The number of benzene rings is 1. The Morgan fingerprint density at radius 2 is 2.20 bits per heavy atom. The Morgan fingerprint density at radius 1 is 1.45 bits per heavy atom. The van der Waals surface area contributed by atoms with Crippen LogP contribution >= 0.6 is 11.8 Å². The summed E-state index contributed by atoms with van der Waals surface area (Å²) in [4.78, 5) is 19.2. The number of halogens is 1. The molecule has 0 fully saturated rings. The highest BCUT2D eigenvalue weighted by Crippen LogP contribution is 2.24. The van der Waals surface area contributed by atoms with Gasteiger partial charge in [0.25, 0.3) is 5.56 Å². The first kappa shape index (κ1) is 14.6. The molecule has 4 nitrogen and oxygen atoms in total. The minimum absolute atomic E-state index is 0.101. The summed E-state index contributed by atoms with van der Waals surface area (Å²) in [6.45, 7) is 3.63. The lowest BCUT2D eigenvalue weighted by Gasteiger charge is -2.08. The lowest BCUT2D eigenvalue weighted by atomic mass is 10.1. The number of H-pyrrole nitrogens is 1. The second-order valence-electron chi connectivity index (χ2n) is 4.65. The van der Waals surface area contributed by atoms with E-state index >= 15 is 0 Å². The molecule has 0 saturated carbocycles. The van der Waals surface area contributed by atoms with E-state index in [4.69, 9.17) is 0 Å². The predicted octanol–water partition coefficient (Wildman–Crippen LogP) is 3.03. The molecule has 2 rings (SSSR count). The largest absolute Gasteiger partial charge is 0.493 e. The quantitative estimate of drug-likeness (QED) is 0.851. The van der Waals surface area contributed by atoms with Gasteiger partial charge in [-0.3, -0.25) is 4.79 Å². The molecule has 0 aliphatic carbocycles. The second-order valence-corrected chi connectivity index (χ2v) is 5.70. The molecule has 0 atom stereocenters. The van der Waals surface area contributed by atoms with Crippen molar-refractivity contribution in [3.8, 4) is 5.88 Å². The Kier molecular flexibility index (Phi) is 4.44. The van der Waals surface area contributed by atoms with Gasteiger partial charge in [0.2, 0.25) is 5.88 Å². The molecule has 2 aromatic rings. The maximum Gasteiger partial charge on any atom is 0.258 e. The van der Waals surface area contributed by atoms with Gasteiger partial charge in [0.1, 0.15) is 11.6 Å². The van der Waals surface area contributed by atoms with Crippen LogP contribution in [0.2, 0.25) is 0 Å². The topological polar surface area (TPSA) is 66.0 Å². The van der Waals surface area contributed by atoms with Crippen LogP contribution in [-0.2, 0) is 5.75 Å². The summed E-state index contributed by atoms with van der Waals surface area (Å²) in [5, 5.41) is 9.78. The van der Waals surface area contributed by atoms with Gasteiger partial charge in [-0.15, -0.1) is 11.8 Å². The van der Waals surface area contributed by atoms with Crippen molar-refractivity contribution in [2.45, 2.75) is 30.4 Å². The molecule has 106 valence electrons. The highest BCUT2D eigenvalue weighted by molar-refractivity contribution is 7.98. The van der Waals surface area contributed by atoms with Crippen molar-refractivity contribution in [1.82, 2.24) is 9.97 Å². The number of aromatic amines is 1. The third-order valence-corrected chi connectivity index (χ3v) is 3.74. The van der Waals surface area contributed by atoms with Crippen LogP contribution in [0.25, 0.3) is 0 Å². The van der Waals surface area contributed by atoms with Crippen LogP contribution in [0.15, 0.2) is 34.0 Å². The fraction of sp³-hybridized carbons (Fsp3) is 0.286. The van der Waals surface area contributed by atoms with Crippen LogP contribution in [0, 0.1) is 5.82 Å². The zero-order valence-electron chi connectivity index (χ0n) is 11.2. The Labute approximate surface area is 120 Å². The van der Waals surface area contributed by atoms with Gasteiger partial charge in [-0.25, -0.2) is 4.39 Å². The SMILES string of the molecule is CC(C)c1c(O)nc(CSc2cccc(F)c2)[nH]c1=O. The number of rotatable bonds is 4. The number of nitrogens with zero attached hydrogens (tertiary/aromatic N) is 1. The summed E-state index contributed by atoms with van der Waals surface area (Å²) in [7, 11) is 0. The lowest BCUT2D eigenvalue weighted by molar-refractivity contribution is 0.437. The molecule has 6 heteroatoms. The summed E-state index contributed by atoms with van der Waals surface area (Å²) >= 11 is 1.34. The van der Waals surface area contributed by atoms with Crippen LogP contribution in [0.3, 0.4) is 0 Å². The second kappa shape index (κ2) is 6.09. The highest BCUT2D eigenvalue weighted by Gasteiger charge is 2.14. The number of aromatic hydroxyl groups is 1. The van der Waals surface area contributed by atoms with Gasteiger partial charge in [-0.05, 0) is 24.1 Å². The minimum atomic E-state index is -0.331. The van der Waals surface area contributed by atoms with E-state index < -0.39 is 0 Å². The number of hydrogen-bond donors (Lipinski definition) is 2. The zero-order valence-corrected chi connectivity index (χ0v) is 12.0. The average Bonchev–Trinajstić information content (AvgIpc) is 2.35. The molecule has 1 aromatic carbocycles. The molecule has 0 spiro atoms. The van der Waals surface area contributed by atoms with Gasteiger partial charge < -0.3 is 10.1 Å². The number of thioether (sulfide) groups is 1. The number of aromatic nitrogens is 2. The van der Waals surface area contributed by atoms with Gasteiger partial charge in [-0.1, -0.05) is 19.9 Å². The Hall–Kier alpha value is -1.82. The normalized spacial score (nSPS) is 11.0. The van der Waals surface area contributed by atoms with Gasteiger partial charge in [0.15, 0.2) is 0 Å². The molecule has 0 amide bonds. The van der Waals surface area contributed by atoms with Crippen LogP contribution in [0.5, 0.6) is 5.88 Å². The maximum absolute atomic E-state index is 13.0. The summed E-state index contributed by atoms with van der Waals surface area (Å²) in [6, 6.07) is 6.17. The zero-order chi connectivity index (χ0) is 14.7. The molecule has 0 saturated heterocycles. The van der Waals surface area contributed by atoms with E-state index in [1.54, 1.807) is 12.1 Å². The molecule has 0 unspecified atom stereocenters. The highest BCUT2D eigenvalue weighted by atomic mass is 32.2. The molecule has 0 bridgehead atoms. The molecule has 20 heavy (non-hydrogen) atoms. The first-order valence-corrected chi connectivity index (χ1v) is 7.16. The fourth-order valence-electron chi connectivity index (χ4n) is 1.81. The lowest BCUT2D eigenvalue weighted by Crippen LogP contribution is -2.17. The summed E-state index contributed by atoms with van der Waals surface area (Å²) in [6.07, 6.45) is 0. The van der Waals surface area contributed by atoms with Gasteiger partial charge in [0, 0.05) is 4.90 Å². The van der Waals surface area contributed by atoms with Crippen molar-refractivity contribution < 1.29 is 9.50 Å². The predicted molar refractivity (Wildman–Crippen MR) is 76.6 cm³/mol. The Morgan fingerprint density at radius 3 is 2.80 bits per heavy atom. The molecule has 0 aliphatic heterocycles. The van der Waals surface area contributed by atoms with Crippen molar-refractivity contribution in [3.63, 3.8) is 0 Å². The third kappa shape index (κ3) is 3.39. The van der Waals surface area contributed by atoms with E-state index in [1.165, 1.54) is 23.9 Å². The number of hydrogen-bond acceptors (Lipinski definition) is 4. The van der Waals surface area contributed by atoms with Crippen LogP contribution in [0.1, 0.15) is 31.2 Å². The maximum atomic E-state index is 13.0. The van der Waals surface area contributed by atoms with Crippen molar-refractivity contribution in [2.24, 2.45) is 0 Å². The van der Waals surface area contributed by atoms with E-state index in [9.17, 15) is 14.3 Å². The molecule has 1 heterocycles. The Balaban J connectivity index is 2.17. The summed E-state index contributed by atoms with van der Waals surface area (Å²) in [5.74, 6) is 0.0698.